The third-order valence-electron chi connectivity index (χ3n) is 2.79. The fourth-order valence-electron chi connectivity index (χ4n) is 1.84. The Balaban J connectivity index is 1.96. The molecule has 0 bridgehead atoms. The van der Waals surface area contributed by atoms with Gasteiger partial charge in [-0.3, -0.25) is 4.98 Å². The fourth-order valence-corrected chi connectivity index (χ4v) is 1.84. The molecule has 1 N–H and O–H groups in total. The molecule has 1 aromatic carbocycles. The summed E-state index contributed by atoms with van der Waals surface area (Å²) in [5.74, 6) is 1.15. The fraction of sp³-hybridized carbons (Fsp3) is 0.0667. The van der Waals surface area contributed by atoms with Crippen molar-refractivity contribution in [2.24, 2.45) is 0 Å². The highest BCUT2D eigenvalue weighted by Crippen LogP contribution is 2.27. The summed E-state index contributed by atoms with van der Waals surface area (Å²) < 4.78 is 5.74. The van der Waals surface area contributed by atoms with Gasteiger partial charge in [-0.25, -0.2) is 4.98 Å². The maximum Gasteiger partial charge on any atom is 0.219 e. The molecule has 0 spiro atoms. The SMILES string of the molecule is OCc1ccc(Oc2cccc3cccnc23)nc1. The minimum Gasteiger partial charge on any atom is -0.437 e. The second-order valence-electron chi connectivity index (χ2n) is 4.10. The average molecular weight is 252 g/mol. The minimum absolute atomic E-state index is 0.0247. The van der Waals surface area contributed by atoms with Crippen LogP contribution < -0.4 is 4.74 Å². The van der Waals surface area contributed by atoms with Gasteiger partial charge in [-0.15, -0.1) is 0 Å². The first kappa shape index (κ1) is 11.6. The third kappa shape index (κ3) is 2.39. The van der Waals surface area contributed by atoms with Gasteiger partial charge in [0.1, 0.15) is 5.52 Å². The van der Waals surface area contributed by atoms with E-state index in [0.717, 1.165) is 16.5 Å². The normalized spacial score (nSPS) is 10.6. The summed E-state index contributed by atoms with van der Waals surface area (Å²) in [4.78, 5) is 8.46. The van der Waals surface area contributed by atoms with Gasteiger partial charge in [0.25, 0.3) is 0 Å². The summed E-state index contributed by atoms with van der Waals surface area (Å²) in [5.41, 5.74) is 1.56. The number of hydrogen-bond donors (Lipinski definition) is 1. The molecule has 0 aliphatic heterocycles. The van der Waals surface area contributed by atoms with Crippen molar-refractivity contribution in [3.05, 3.63) is 60.4 Å². The van der Waals surface area contributed by atoms with Crippen LogP contribution in [0, 0.1) is 0 Å². The Morgan fingerprint density at radius 1 is 1.00 bits per heavy atom. The van der Waals surface area contributed by atoms with Crippen LogP contribution in [0.15, 0.2) is 54.9 Å². The summed E-state index contributed by atoms with van der Waals surface area (Å²) in [5, 5.41) is 9.99. The van der Waals surface area contributed by atoms with Crippen molar-refractivity contribution in [2.45, 2.75) is 6.61 Å². The van der Waals surface area contributed by atoms with Crippen LogP contribution in [0.1, 0.15) is 5.56 Å². The average Bonchev–Trinajstić information content (AvgIpc) is 2.48. The van der Waals surface area contributed by atoms with Gasteiger partial charge in [-0.05, 0) is 23.8 Å². The van der Waals surface area contributed by atoms with Gasteiger partial charge in [0.2, 0.25) is 5.88 Å². The van der Waals surface area contributed by atoms with E-state index < -0.39 is 0 Å². The van der Waals surface area contributed by atoms with Crippen LogP contribution in [0.25, 0.3) is 10.9 Å². The van der Waals surface area contributed by atoms with Gasteiger partial charge in [-0.2, -0.15) is 0 Å². The Hall–Kier alpha value is -2.46. The largest absolute Gasteiger partial charge is 0.437 e. The van der Waals surface area contributed by atoms with Crippen LogP contribution in [0.3, 0.4) is 0 Å². The molecule has 94 valence electrons. The quantitative estimate of drug-likeness (QED) is 0.778. The number of para-hydroxylation sites is 1. The smallest absolute Gasteiger partial charge is 0.219 e. The van der Waals surface area contributed by atoms with Crippen LogP contribution in [0.4, 0.5) is 0 Å². The zero-order chi connectivity index (χ0) is 13.1. The van der Waals surface area contributed by atoms with Crippen LogP contribution in [0.5, 0.6) is 11.6 Å². The van der Waals surface area contributed by atoms with Crippen molar-refractivity contribution >= 4 is 10.9 Å². The number of aliphatic hydroxyl groups excluding tert-OH is 1. The van der Waals surface area contributed by atoms with Crippen molar-refractivity contribution in [3.63, 3.8) is 0 Å². The van der Waals surface area contributed by atoms with E-state index in [1.54, 1.807) is 24.5 Å². The second-order valence-corrected chi connectivity index (χ2v) is 4.10. The standard InChI is InChI=1S/C15H12N2O2/c18-10-11-6-7-14(17-9-11)19-13-5-1-3-12-4-2-8-16-15(12)13/h1-9,18H,10H2. The van der Waals surface area contributed by atoms with E-state index in [1.807, 2.05) is 30.3 Å². The molecule has 3 rings (SSSR count). The van der Waals surface area contributed by atoms with Crippen LogP contribution in [0.2, 0.25) is 0 Å². The Morgan fingerprint density at radius 3 is 2.68 bits per heavy atom. The van der Waals surface area contributed by atoms with Crippen molar-refractivity contribution in [1.29, 1.82) is 0 Å². The molecule has 0 radical (unpaired) electrons. The lowest BCUT2D eigenvalue weighted by Gasteiger charge is -2.07. The number of ether oxygens (including phenoxy) is 1. The molecule has 4 heteroatoms. The molecule has 3 aromatic rings. The van der Waals surface area contributed by atoms with Gasteiger partial charge < -0.3 is 9.84 Å². The number of hydrogen-bond acceptors (Lipinski definition) is 4. The van der Waals surface area contributed by atoms with Gasteiger partial charge in [0.15, 0.2) is 5.75 Å². The van der Waals surface area contributed by atoms with E-state index in [0.29, 0.717) is 11.6 Å². The van der Waals surface area contributed by atoms with Gasteiger partial charge in [-0.1, -0.05) is 18.2 Å². The van der Waals surface area contributed by atoms with Gasteiger partial charge >= 0.3 is 0 Å². The summed E-state index contributed by atoms with van der Waals surface area (Å²) in [6, 6.07) is 13.1. The predicted molar refractivity (Wildman–Crippen MR) is 72.0 cm³/mol. The number of nitrogens with zero attached hydrogens (tertiary/aromatic N) is 2. The highest BCUT2D eigenvalue weighted by atomic mass is 16.5. The molecular weight excluding hydrogens is 240 g/mol. The van der Waals surface area contributed by atoms with Crippen molar-refractivity contribution < 1.29 is 9.84 Å². The first-order valence-electron chi connectivity index (χ1n) is 5.94. The van der Waals surface area contributed by atoms with Crippen molar-refractivity contribution in [2.75, 3.05) is 0 Å². The molecule has 2 aromatic heterocycles. The lowest BCUT2D eigenvalue weighted by Crippen LogP contribution is -1.91. The molecular formula is C15H12N2O2. The summed E-state index contributed by atoms with van der Waals surface area (Å²) in [6.07, 6.45) is 3.32. The molecule has 0 aliphatic carbocycles. The summed E-state index contributed by atoms with van der Waals surface area (Å²) in [6.45, 7) is -0.0247. The molecule has 0 saturated heterocycles. The summed E-state index contributed by atoms with van der Waals surface area (Å²) >= 11 is 0. The first-order chi connectivity index (χ1) is 9.36. The summed E-state index contributed by atoms with van der Waals surface area (Å²) in [7, 11) is 0. The lowest BCUT2D eigenvalue weighted by atomic mass is 10.2. The number of fused-ring (bicyclic) bond motifs is 1. The monoisotopic (exact) mass is 252 g/mol. The van der Waals surface area contributed by atoms with Crippen molar-refractivity contribution in [1.82, 2.24) is 9.97 Å². The van der Waals surface area contributed by atoms with E-state index in [1.165, 1.54) is 0 Å². The van der Waals surface area contributed by atoms with Crippen molar-refractivity contribution in [3.8, 4) is 11.6 Å². The highest BCUT2D eigenvalue weighted by Gasteiger charge is 2.04. The zero-order valence-corrected chi connectivity index (χ0v) is 10.2. The van der Waals surface area contributed by atoms with Crippen LogP contribution in [-0.4, -0.2) is 15.1 Å². The zero-order valence-electron chi connectivity index (χ0n) is 10.2. The minimum atomic E-state index is -0.0247. The van der Waals surface area contributed by atoms with E-state index >= 15 is 0 Å². The molecule has 4 nitrogen and oxygen atoms in total. The molecule has 0 saturated carbocycles. The molecule has 0 atom stereocenters. The molecule has 2 heterocycles. The highest BCUT2D eigenvalue weighted by molar-refractivity contribution is 5.84. The predicted octanol–water partition coefficient (Wildman–Crippen LogP) is 2.91. The van der Waals surface area contributed by atoms with E-state index in [-0.39, 0.29) is 6.61 Å². The van der Waals surface area contributed by atoms with E-state index in [2.05, 4.69) is 9.97 Å². The van der Waals surface area contributed by atoms with E-state index in [9.17, 15) is 0 Å². The molecule has 19 heavy (non-hydrogen) atoms. The number of aliphatic hydroxyl groups is 1. The maximum absolute atomic E-state index is 8.97. The number of rotatable bonds is 3. The lowest BCUT2D eigenvalue weighted by molar-refractivity contribution is 0.281. The number of benzene rings is 1. The Bertz CT molecular complexity index is 691. The van der Waals surface area contributed by atoms with Crippen LogP contribution >= 0.6 is 0 Å². The first-order valence-corrected chi connectivity index (χ1v) is 5.94. The topological polar surface area (TPSA) is 55.2 Å². The molecule has 0 aliphatic rings. The molecule has 0 amide bonds. The Kier molecular flexibility index (Phi) is 3.08. The van der Waals surface area contributed by atoms with E-state index in [4.69, 9.17) is 9.84 Å². The number of aromatic nitrogens is 2. The third-order valence-corrected chi connectivity index (χ3v) is 2.79. The Labute approximate surface area is 110 Å². The second kappa shape index (κ2) is 5.04. The number of pyridine rings is 2. The van der Waals surface area contributed by atoms with Gasteiger partial charge in [0, 0.05) is 23.8 Å². The Morgan fingerprint density at radius 2 is 1.89 bits per heavy atom. The molecule has 0 unspecified atom stereocenters. The maximum atomic E-state index is 8.97. The molecule has 0 fully saturated rings. The van der Waals surface area contributed by atoms with Crippen LogP contribution in [-0.2, 0) is 6.61 Å². The van der Waals surface area contributed by atoms with Gasteiger partial charge in [0.05, 0.1) is 6.61 Å².